The number of carbonyl (C=O) groups is 1. The molecular formula is C21H28ClIN4O2. The molecule has 6 nitrogen and oxygen atoms in total. The highest BCUT2D eigenvalue weighted by Crippen LogP contribution is 2.13. The second kappa shape index (κ2) is 13.3. The minimum Gasteiger partial charge on any atom is -0.484 e. The Kier molecular flexibility index (Phi) is 11.5. The van der Waals surface area contributed by atoms with E-state index in [2.05, 4.69) is 10.2 Å². The van der Waals surface area contributed by atoms with Crippen molar-refractivity contribution in [2.45, 2.75) is 19.9 Å². The van der Waals surface area contributed by atoms with E-state index in [0.717, 1.165) is 41.6 Å². The van der Waals surface area contributed by atoms with Gasteiger partial charge in [0.2, 0.25) is 0 Å². The number of aliphatic imine (C=N–C) groups is 1. The highest BCUT2D eigenvalue weighted by Gasteiger charge is 2.07. The third-order valence-electron chi connectivity index (χ3n) is 3.97. The normalized spacial score (nSPS) is 10.8. The molecule has 2 rings (SSSR count). The van der Waals surface area contributed by atoms with Crippen molar-refractivity contribution in [1.82, 2.24) is 10.2 Å². The van der Waals surface area contributed by atoms with Crippen LogP contribution in [0.5, 0.6) is 5.75 Å². The van der Waals surface area contributed by atoms with Gasteiger partial charge in [-0.2, -0.15) is 0 Å². The zero-order valence-electron chi connectivity index (χ0n) is 16.7. The second-order valence-electron chi connectivity index (χ2n) is 6.37. The standard InChI is InChI=1S/C21H27ClN4O2.HI/c1-3-24-21(26(2)14-17-5-4-6-18(22)13-17)25-12-11-16-7-9-19(10-8-16)28-15-20(23)27;/h4-10,13H,3,11-12,14-15H2,1-2H3,(H2,23,27)(H,24,25);1H. The Morgan fingerprint density at radius 3 is 2.55 bits per heavy atom. The summed E-state index contributed by atoms with van der Waals surface area (Å²) in [5.41, 5.74) is 7.35. The Balaban J connectivity index is 0.00000420. The van der Waals surface area contributed by atoms with Crippen molar-refractivity contribution >= 4 is 47.4 Å². The van der Waals surface area contributed by atoms with Crippen molar-refractivity contribution in [3.8, 4) is 5.75 Å². The molecule has 0 spiro atoms. The average Bonchev–Trinajstić information content (AvgIpc) is 2.66. The number of primary amides is 1. The summed E-state index contributed by atoms with van der Waals surface area (Å²) in [4.78, 5) is 17.5. The fraction of sp³-hybridized carbons (Fsp3) is 0.333. The molecule has 0 bridgehead atoms. The van der Waals surface area contributed by atoms with Gasteiger partial charge in [0.1, 0.15) is 5.75 Å². The summed E-state index contributed by atoms with van der Waals surface area (Å²) >= 11 is 6.07. The van der Waals surface area contributed by atoms with Gasteiger partial charge in [0.25, 0.3) is 5.91 Å². The molecule has 2 aromatic rings. The van der Waals surface area contributed by atoms with E-state index in [9.17, 15) is 4.79 Å². The number of guanidine groups is 1. The van der Waals surface area contributed by atoms with E-state index in [4.69, 9.17) is 27.1 Å². The zero-order valence-corrected chi connectivity index (χ0v) is 19.8. The minimum atomic E-state index is -0.490. The van der Waals surface area contributed by atoms with Crippen LogP contribution < -0.4 is 15.8 Å². The third-order valence-corrected chi connectivity index (χ3v) is 4.21. The monoisotopic (exact) mass is 530 g/mol. The summed E-state index contributed by atoms with van der Waals surface area (Å²) in [5, 5.41) is 4.05. The summed E-state index contributed by atoms with van der Waals surface area (Å²) in [6.45, 7) is 4.11. The number of ether oxygens (including phenoxy) is 1. The van der Waals surface area contributed by atoms with Crippen LogP contribution in [0.3, 0.4) is 0 Å². The highest BCUT2D eigenvalue weighted by atomic mass is 127. The third kappa shape index (κ3) is 9.36. The van der Waals surface area contributed by atoms with E-state index in [0.29, 0.717) is 12.3 Å². The van der Waals surface area contributed by atoms with Gasteiger partial charge in [0.15, 0.2) is 12.6 Å². The zero-order chi connectivity index (χ0) is 20.4. The molecule has 0 aliphatic heterocycles. The van der Waals surface area contributed by atoms with E-state index in [1.165, 1.54) is 0 Å². The van der Waals surface area contributed by atoms with Gasteiger partial charge in [-0.3, -0.25) is 9.79 Å². The second-order valence-corrected chi connectivity index (χ2v) is 6.81. The van der Waals surface area contributed by atoms with Crippen molar-refractivity contribution in [3.05, 3.63) is 64.7 Å². The van der Waals surface area contributed by atoms with Crippen LogP contribution in [-0.2, 0) is 17.8 Å². The fourth-order valence-electron chi connectivity index (χ4n) is 2.65. The first-order valence-electron chi connectivity index (χ1n) is 9.22. The predicted molar refractivity (Wildman–Crippen MR) is 129 cm³/mol. The molecule has 3 N–H and O–H groups in total. The number of nitrogens with zero attached hydrogens (tertiary/aromatic N) is 2. The first-order chi connectivity index (χ1) is 13.5. The van der Waals surface area contributed by atoms with Crippen LogP contribution in [0.2, 0.25) is 5.02 Å². The molecule has 0 unspecified atom stereocenters. The molecule has 0 aliphatic rings. The first kappa shape index (κ1) is 25.0. The smallest absolute Gasteiger partial charge is 0.255 e. The number of nitrogens with one attached hydrogen (secondary N) is 1. The number of hydrogen-bond acceptors (Lipinski definition) is 3. The quantitative estimate of drug-likeness (QED) is 0.296. The van der Waals surface area contributed by atoms with E-state index in [1.807, 2.05) is 62.5 Å². The summed E-state index contributed by atoms with van der Waals surface area (Å²) in [6.07, 6.45) is 0.802. The molecule has 8 heteroatoms. The van der Waals surface area contributed by atoms with Crippen LogP contribution in [-0.4, -0.2) is 43.5 Å². The number of hydrogen-bond donors (Lipinski definition) is 2. The van der Waals surface area contributed by atoms with Gasteiger partial charge in [-0.25, -0.2) is 0 Å². The van der Waals surface area contributed by atoms with Gasteiger partial charge >= 0.3 is 0 Å². The molecule has 0 heterocycles. The molecule has 0 fully saturated rings. The number of amides is 1. The Morgan fingerprint density at radius 1 is 1.21 bits per heavy atom. The maximum atomic E-state index is 10.8. The molecule has 2 aromatic carbocycles. The van der Waals surface area contributed by atoms with Crippen molar-refractivity contribution < 1.29 is 9.53 Å². The lowest BCUT2D eigenvalue weighted by atomic mass is 10.1. The van der Waals surface area contributed by atoms with Crippen LogP contribution in [0.25, 0.3) is 0 Å². The summed E-state index contributed by atoms with van der Waals surface area (Å²) in [7, 11) is 2.01. The van der Waals surface area contributed by atoms with Crippen LogP contribution in [0.15, 0.2) is 53.5 Å². The summed E-state index contributed by atoms with van der Waals surface area (Å²) < 4.78 is 5.27. The van der Waals surface area contributed by atoms with Crippen molar-refractivity contribution in [1.29, 1.82) is 0 Å². The Labute approximate surface area is 194 Å². The van der Waals surface area contributed by atoms with Crippen LogP contribution in [0.1, 0.15) is 18.1 Å². The largest absolute Gasteiger partial charge is 0.484 e. The SMILES string of the molecule is CCNC(=NCCc1ccc(OCC(N)=O)cc1)N(C)Cc1cccc(Cl)c1.I. The molecule has 0 saturated carbocycles. The topological polar surface area (TPSA) is 80.0 Å². The number of halogens is 2. The van der Waals surface area contributed by atoms with Gasteiger partial charge in [-0.05, 0) is 48.7 Å². The van der Waals surface area contributed by atoms with Crippen LogP contribution in [0.4, 0.5) is 0 Å². The Bertz CT molecular complexity index is 800. The van der Waals surface area contributed by atoms with Gasteiger partial charge in [0, 0.05) is 31.7 Å². The molecule has 0 aromatic heterocycles. The molecule has 0 radical (unpaired) electrons. The van der Waals surface area contributed by atoms with Gasteiger partial charge < -0.3 is 20.7 Å². The van der Waals surface area contributed by atoms with Gasteiger partial charge in [0.05, 0.1) is 0 Å². The van der Waals surface area contributed by atoms with E-state index < -0.39 is 5.91 Å². The predicted octanol–water partition coefficient (Wildman–Crippen LogP) is 3.46. The Morgan fingerprint density at radius 2 is 1.93 bits per heavy atom. The Hall–Kier alpha value is -2.00. The highest BCUT2D eigenvalue weighted by molar-refractivity contribution is 14.0. The minimum absolute atomic E-state index is 0. The van der Waals surface area contributed by atoms with Crippen molar-refractivity contribution in [2.24, 2.45) is 10.7 Å². The number of benzene rings is 2. The molecule has 0 aliphatic carbocycles. The van der Waals surface area contributed by atoms with Crippen molar-refractivity contribution in [2.75, 3.05) is 26.7 Å². The molecule has 1 amide bonds. The molecule has 158 valence electrons. The molecule has 0 atom stereocenters. The van der Waals surface area contributed by atoms with Gasteiger partial charge in [-0.1, -0.05) is 35.9 Å². The van der Waals surface area contributed by atoms with E-state index in [-0.39, 0.29) is 30.6 Å². The first-order valence-corrected chi connectivity index (χ1v) is 9.59. The molecular weight excluding hydrogens is 503 g/mol. The van der Waals surface area contributed by atoms with Crippen LogP contribution in [0, 0.1) is 0 Å². The maximum Gasteiger partial charge on any atom is 0.255 e. The molecule has 29 heavy (non-hydrogen) atoms. The lowest BCUT2D eigenvalue weighted by Crippen LogP contribution is -2.38. The number of carbonyl (C=O) groups excluding carboxylic acids is 1. The fourth-order valence-corrected chi connectivity index (χ4v) is 2.86. The van der Waals surface area contributed by atoms with Gasteiger partial charge in [-0.15, -0.1) is 24.0 Å². The van der Waals surface area contributed by atoms with Crippen LogP contribution >= 0.6 is 35.6 Å². The lowest BCUT2D eigenvalue weighted by molar-refractivity contribution is -0.119. The van der Waals surface area contributed by atoms with E-state index in [1.54, 1.807) is 0 Å². The number of rotatable bonds is 9. The summed E-state index contributed by atoms with van der Waals surface area (Å²) in [5.74, 6) is 0.987. The summed E-state index contributed by atoms with van der Waals surface area (Å²) in [6, 6.07) is 15.4. The maximum absolute atomic E-state index is 10.8. The average molecular weight is 531 g/mol. The number of nitrogens with two attached hydrogens (primary N) is 1. The van der Waals surface area contributed by atoms with Crippen molar-refractivity contribution in [3.63, 3.8) is 0 Å². The molecule has 0 saturated heterocycles. The lowest BCUT2D eigenvalue weighted by Gasteiger charge is -2.22. The van der Waals surface area contributed by atoms with E-state index >= 15 is 0 Å².